The molecule has 2 aromatic carbocycles. The molecule has 0 spiro atoms. The Bertz CT molecular complexity index is 1610. The summed E-state index contributed by atoms with van der Waals surface area (Å²) in [6, 6.07) is 16.7. The molecule has 1 atom stereocenters. The number of nitrogens with zero attached hydrogens (tertiary/aromatic N) is 4. The molecule has 0 aliphatic carbocycles. The van der Waals surface area contributed by atoms with Crippen LogP contribution in [0.15, 0.2) is 81.4 Å². The molecular weight excluding hydrogens is 521 g/mol. The predicted molar refractivity (Wildman–Crippen MR) is 138 cm³/mol. The lowest BCUT2D eigenvalue weighted by Gasteiger charge is -2.13. The van der Waals surface area contributed by atoms with Gasteiger partial charge in [0, 0.05) is 23.8 Å². The minimum absolute atomic E-state index is 0.0429. The van der Waals surface area contributed by atoms with E-state index in [-0.39, 0.29) is 23.7 Å². The van der Waals surface area contributed by atoms with Crippen molar-refractivity contribution in [2.45, 2.75) is 20.0 Å². The van der Waals surface area contributed by atoms with Crippen LogP contribution < -0.4 is 21.7 Å². The number of hydrogen-bond acceptors (Lipinski definition) is 6. The summed E-state index contributed by atoms with van der Waals surface area (Å²) in [5, 5.41) is 10.0. The van der Waals surface area contributed by atoms with Gasteiger partial charge in [-0.05, 0) is 42.0 Å². The van der Waals surface area contributed by atoms with Crippen molar-refractivity contribution in [3.8, 4) is 11.6 Å². The second-order valence-corrected chi connectivity index (χ2v) is 8.94. The van der Waals surface area contributed by atoms with Crippen LogP contribution >= 0.6 is 23.2 Å². The Morgan fingerprint density at radius 3 is 2.51 bits per heavy atom. The van der Waals surface area contributed by atoms with Crippen molar-refractivity contribution in [1.82, 2.24) is 19.1 Å². The average molecular weight is 542 g/mol. The van der Waals surface area contributed by atoms with Crippen molar-refractivity contribution in [1.29, 1.82) is 0 Å². The molecule has 2 heterocycles. The van der Waals surface area contributed by atoms with Gasteiger partial charge in [-0.1, -0.05) is 48.3 Å². The molecule has 0 saturated heterocycles. The highest BCUT2D eigenvalue weighted by Gasteiger charge is 2.17. The van der Waals surface area contributed by atoms with Crippen LogP contribution in [0.4, 0.5) is 5.69 Å². The summed E-state index contributed by atoms with van der Waals surface area (Å²) in [5.74, 6) is -1.39. The van der Waals surface area contributed by atoms with E-state index in [1.165, 1.54) is 17.6 Å². The molecular formula is C25H21Cl2N5O5. The third-order valence-electron chi connectivity index (χ3n) is 5.32. The Balaban J connectivity index is 1.79. The van der Waals surface area contributed by atoms with Crippen molar-refractivity contribution in [2.75, 3.05) is 0 Å². The number of aliphatic carboxylic acids is 1. The number of rotatable bonds is 8. The largest absolute Gasteiger partial charge is 0.481 e. The number of halogens is 2. The molecule has 190 valence electrons. The van der Waals surface area contributed by atoms with Crippen molar-refractivity contribution in [3.63, 3.8) is 0 Å². The highest BCUT2D eigenvalue weighted by molar-refractivity contribution is 6.32. The maximum Gasteiger partial charge on any atom is 0.335 e. The first-order valence-electron chi connectivity index (χ1n) is 11.1. The lowest BCUT2D eigenvalue weighted by atomic mass is 10.2. The summed E-state index contributed by atoms with van der Waals surface area (Å²) in [6.45, 7) is 1.14. The van der Waals surface area contributed by atoms with Gasteiger partial charge in [0.05, 0.1) is 23.2 Å². The predicted octanol–water partition coefficient (Wildman–Crippen LogP) is 3.83. The molecule has 0 aliphatic rings. The quantitative estimate of drug-likeness (QED) is 0.348. The molecule has 10 nitrogen and oxygen atoms in total. The number of aromatic amines is 1. The summed E-state index contributed by atoms with van der Waals surface area (Å²) in [7, 11) is 0. The van der Waals surface area contributed by atoms with Crippen molar-refractivity contribution in [2.24, 2.45) is 10.9 Å². The Hall–Kier alpha value is -4.15. The van der Waals surface area contributed by atoms with E-state index in [2.05, 4.69) is 15.0 Å². The minimum atomic E-state index is -1.13. The highest BCUT2D eigenvalue weighted by Crippen LogP contribution is 2.31. The number of nitrogens with one attached hydrogen (secondary N) is 1. The molecule has 0 aliphatic heterocycles. The molecule has 37 heavy (non-hydrogen) atoms. The van der Waals surface area contributed by atoms with Crippen LogP contribution in [0.5, 0.6) is 11.6 Å². The molecule has 0 radical (unpaired) electrons. The van der Waals surface area contributed by atoms with Gasteiger partial charge in [-0.15, -0.1) is 0 Å². The molecule has 2 N–H and O–H groups in total. The number of benzene rings is 2. The van der Waals surface area contributed by atoms with Crippen LogP contribution in [0.2, 0.25) is 10.0 Å². The summed E-state index contributed by atoms with van der Waals surface area (Å²) in [5.41, 5.74) is -0.490. The first-order chi connectivity index (χ1) is 17.7. The maximum atomic E-state index is 13.3. The minimum Gasteiger partial charge on any atom is -0.481 e. The molecule has 0 saturated carbocycles. The average Bonchev–Trinajstić information content (AvgIpc) is 2.87. The Kier molecular flexibility index (Phi) is 7.90. The van der Waals surface area contributed by atoms with Gasteiger partial charge in [-0.3, -0.25) is 14.3 Å². The van der Waals surface area contributed by atoms with Crippen molar-refractivity contribution in [3.05, 3.63) is 109 Å². The van der Waals surface area contributed by atoms with Gasteiger partial charge >= 0.3 is 17.3 Å². The zero-order valence-corrected chi connectivity index (χ0v) is 21.0. The molecule has 4 rings (SSSR count). The van der Waals surface area contributed by atoms with E-state index in [4.69, 9.17) is 27.9 Å². The summed E-state index contributed by atoms with van der Waals surface area (Å²) in [4.78, 5) is 48.5. The second kappa shape index (κ2) is 11.3. The van der Waals surface area contributed by atoms with Crippen LogP contribution in [-0.4, -0.2) is 30.2 Å². The number of carbonyl (C=O) groups is 1. The number of aromatic nitrogens is 4. The van der Waals surface area contributed by atoms with E-state index in [9.17, 15) is 19.5 Å². The van der Waals surface area contributed by atoms with E-state index in [1.54, 1.807) is 60.8 Å². The van der Waals surface area contributed by atoms with Crippen molar-refractivity contribution >= 4 is 34.9 Å². The fraction of sp³-hybridized carbons (Fsp3) is 0.160. The van der Waals surface area contributed by atoms with Crippen LogP contribution in [0.1, 0.15) is 12.5 Å². The first-order valence-corrected chi connectivity index (χ1v) is 11.8. The normalized spacial score (nSPS) is 12.4. The van der Waals surface area contributed by atoms with Crippen LogP contribution in [0.25, 0.3) is 0 Å². The number of carboxylic acid groups (broad SMARTS) is 1. The fourth-order valence-corrected chi connectivity index (χ4v) is 3.69. The molecule has 2 aromatic heterocycles. The zero-order valence-electron chi connectivity index (χ0n) is 19.5. The third kappa shape index (κ3) is 6.35. The van der Waals surface area contributed by atoms with E-state index in [0.717, 1.165) is 4.57 Å². The van der Waals surface area contributed by atoms with Gasteiger partial charge in [0.15, 0.2) is 0 Å². The van der Waals surface area contributed by atoms with Gasteiger partial charge in [0.2, 0.25) is 11.5 Å². The molecule has 4 aromatic rings. The van der Waals surface area contributed by atoms with E-state index < -0.39 is 23.3 Å². The van der Waals surface area contributed by atoms with Crippen LogP contribution in [-0.2, 0) is 17.9 Å². The lowest BCUT2D eigenvalue weighted by molar-refractivity contribution is -0.141. The smallest absolute Gasteiger partial charge is 0.335 e. The Morgan fingerprint density at radius 1 is 1.11 bits per heavy atom. The molecule has 0 amide bonds. The van der Waals surface area contributed by atoms with Gasteiger partial charge in [-0.2, -0.15) is 0 Å². The molecule has 0 unspecified atom stereocenters. The zero-order chi connectivity index (χ0) is 26.5. The standard InChI is InChI=1S/C25H21Cl2N5O5/c1-15(22(33)34)13-32-24(35)30-23(31(25(32)36)14-16-5-7-17(26)8-6-16)29-18-9-10-20(19(27)12-18)37-21-4-2-3-11-28-21/h2-12,15H,13-14H2,1H3,(H,33,34)(H,29,30,35)/t15-/m0/s1. The van der Waals surface area contributed by atoms with E-state index >= 15 is 0 Å². The van der Waals surface area contributed by atoms with Gasteiger partial charge in [0.25, 0.3) is 0 Å². The number of ether oxygens (including phenoxy) is 1. The van der Waals surface area contributed by atoms with Gasteiger partial charge < -0.3 is 9.84 Å². The third-order valence-corrected chi connectivity index (χ3v) is 5.86. The lowest BCUT2D eigenvalue weighted by Crippen LogP contribution is -2.51. The number of H-pyrrole nitrogens is 1. The SMILES string of the molecule is C[C@@H](Cn1c(=O)[nH]/c(=N\c2ccc(Oc3ccccn3)c(Cl)c2)n(Cc2ccc(Cl)cc2)c1=O)C(=O)O. The number of pyridine rings is 1. The summed E-state index contributed by atoms with van der Waals surface area (Å²) in [6.07, 6.45) is 1.59. The van der Waals surface area contributed by atoms with Crippen LogP contribution in [0, 0.1) is 5.92 Å². The van der Waals surface area contributed by atoms with Gasteiger partial charge in [-0.25, -0.2) is 24.1 Å². The fourth-order valence-electron chi connectivity index (χ4n) is 3.35. The molecule has 12 heteroatoms. The molecule has 0 bridgehead atoms. The van der Waals surface area contributed by atoms with E-state index in [1.807, 2.05) is 0 Å². The van der Waals surface area contributed by atoms with Crippen molar-refractivity contribution < 1.29 is 14.6 Å². The maximum absolute atomic E-state index is 13.3. The highest BCUT2D eigenvalue weighted by atomic mass is 35.5. The first kappa shape index (κ1) is 25.9. The van der Waals surface area contributed by atoms with Gasteiger partial charge in [0.1, 0.15) is 5.75 Å². The number of hydrogen-bond donors (Lipinski definition) is 2. The number of carboxylic acids is 1. The Labute approximate surface area is 220 Å². The summed E-state index contributed by atoms with van der Waals surface area (Å²) < 4.78 is 7.76. The topological polar surface area (TPSA) is 132 Å². The monoisotopic (exact) mass is 541 g/mol. The van der Waals surface area contributed by atoms with Crippen LogP contribution in [0.3, 0.4) is 0 Å². The molecule has 0 fully saturated rings. The second-order valence-electron chi connectivity index (χ2n) is 8.10. The Morgan fingerprint density at radius 2 is 1.86 bits per heavy atom. The summed E-state index contributed by atoms with van der Waals surface area (Å²) >= 11 is 12.4. The van der Waals surface area contributed by atoms with E-state index in [0.29, 0.717) is 27.9 Å².